The maximum atomic E-state index is 5.76. The number of hydrogen-bond acceptors (Lipinski definition) is 3. The Hall–Kier alpha value is -1.68. The summed E-state index contributed by atoms with van der Waals surface area (Å²) >= 11 is 0. The molecule has 4 heteroatoms. The minimum atomic E-state index is -0.0344. The molecule has 0 saturated heterocycles. The Labute approximate surface area is 101 Å². The van der Waals surface area contributed by atoms with Crippen LogP contribution < -0.4 is 5.73 Å². The van der Waals surface area contributed by atoms with Crippen molar-refractivity contribution in [1.29, 1.82) is 0 Å². The third kappa shape index (κ3) is 2.53. The number of rotatable bonds is 3. The van der Waals surface area contributed by atoms with E-state index in [1.165, 1.54) is 0 Å². The highest BCUT2D eigenvalue weighted by Crippen LogP contribution is 2.14. The molecule has 0 spiro atoms. The Morgan fingerprint density at radius 2 is 1.88 bits per heavy atom. The number of nitrogens with two attached hydrogens (primary N) is 1. The van der Waals surface area contributed by atoms with Gasteiger partial charge in [-0.05, 0) is 31.0 Å². The van der Waals surface area contributed by atoms with Crippen LogP contribution in [0.5, 0.6) is 0 Å². The number of pyridine rings is 1. The molecule has 0 aliphatic rings. The summed E-state index contributed by atoms with van der Waals surface area (Å²) in [6.45, 7) is 6.18. The molecule has 2 heterocycles. The van der Waals surface area contributed by atoms with Crippen LogP contribution in [-0.4, -0.2) is 14.8 Å². The minimum Gasteiger partial charge on any atom is -0.323 e. The van der Waals surface area contributed by atoms with Gasteiger partial charge in [0.05, 0.1) is 23.3 Å². The van der Waals surface area contributed by atoms with E-state index in [0.717, 1.165) is 17.1 Å². The van der Waals surface area contributed by atoms with Gasteiger partial charge in [0.15, 0.2) is 0 Å². The second kappa shape index (κ2) is 4.67. The summed E-state index contributed by atoms with van der Waals surface area (Å²) in [4.78, 5) is 4.32. The lowest BCUT2D eigenvalue weighted by Crippen LogP contribution is -2.07. The third-order valence-corrected chi connectivity index (χ3v) is 2.70. The zero-order chi connectivity index (χ0) is 12.4. The van der Waals surface area contributed by atoms with Crippen LogP contribution in [0.4, 0.5) is 0 Å². The van der Waals surface area contributed by atoms with Crippen molar-refractivity contribution in [1.82, 2.24) is 14.8 Å². The molecule has 2 N–H and O–H groups in total. The van der Waals surface area contributed by atoms with Crippen molar-refractivity contribution in [3.63, 3.8) is 0 Å². The molecule has 1 atom stereocenters. The molecule has 0 radical (unpaired) electrons. The average molecular weight is 230 g/mol. The fraction of sp³-hybridized carbons (Fsp3) is 0.385. The number of hydrogen-bond donors (Lipinski definition) is 1. The Morgan fingerprint density at radius 1 is 1.12 bits per heavy atom. The smallest absolute Gasteiger partial charge is 0.0829 e. The number of nitrogens with zero attached hydrogens (tertiary/aromatic N) is 3. The lowest BCUT2D eigenvalue weighted by Gasteiger charge is -2.06. The molecule has 4 nitrogen and oxygen atoms in total. The average Bonchev–Trinajstić information content (AvgIpc) is 2.78. The molecule has 2 rings (SSSR count). The van der Waals surface area contributed by atoms with E-state index >= 15 is 0 Å². The summed E-state index contributed by atoms with van der Waals surface area (Å²) in [6.07, 6.45) is 3.76. The van der Waals surface area contributed by atoms with Crippen molar-refractivity contribution in [3.05, 3.63) is 42.0 Å². The van der Waals surface area contributed by atoms with Crippen molar-refractivity contribution in [2.75, 3.05) is 0 Å². The molecule has 0 saturated carbocycles. The van der Waals surface area contributed by atoms with Crippen LogP contribution >= 0.6 is 0 Å². The fourth-order valence-corrected chi connectivity index (χ4v) is 1.59. The van der Waals surface area contributed by atoms with Gasteiger partial charge >= 0.3 is 0 Å². The van der Waals surface area contributed by atoms with Crippen LogP contribution in [0.3, 0.4) is 0 Å². The second-order valence-corrected chi connectivity index (χ2v) is 4.57. The van der Waals surface area contributed by atoms with E-state index in [0.29, 0.717) is 5.92 Å². The summed E-state index contributed by atoms with van der Waals surface area (Å²) in [7, 11) is 0. The van der Waals surface area contributed by atoms with Crippen molar-refractivity contribution in [2.24, 2.45) is 5.73 Å². The van der Waals surface area contributed by atoms with Gasteiger partial charge in [0.2, 0.25) is 0 Å². The molecular formula is C13H18N4. The summed E-state index contributed by atoms with van der Waals surface area (Å²) < 4.78 is 1.84. The largest absolute Gasteiger partial charge is 0.323 e. The van der Waals surface area contributed by atoms with Crippen LogP contribution in [0.2, 0.25) is 0 Å². The zero-order valence-electron chi connectivity index (χ0n) is 10.5. The van der Waals surface area contributed by atoms with Gasteiger partial charge < -0.3 is 5.73 Å². The normalized spacial score (nSPS) is 13.0. The predicted molar refractivity (Wildman–Crippen MR) is 68.1 cm³/mol. The predicted octanol–water partition coefficient (Wildman–Crippen LogP) is 2.41. The highest BCUT2D eigenvalue weighted by Gasteiger charge is 2.06. The first-order chi connectivity index (χ1) is 8.08. The second-order valence-electron chi connectivity index (χ2n) is 4.57. The van der Waals surface area contributed by atoms with Crippen molar-refractivity contribution < 1.29 is 0 Å². The maximum absolute atomic E-state index is 5.76. The molecule has 0 bridgehead atoms. The van der Waals surface area contributed by atoms with Crippen LogP contribution in [0, 0.1) is 0 Å². The van der Waals surface area contributed by atoms with Crippen LogP contribution in [0.1, 0.15) is 44.1 Å². The molecule has 17 heavy (non-hydrogen) atoms. The van der Waals surface area contributed by atoms with E-state index < -0.39 is 0 Å². The molecule has 2 aromatic rings. The van der Waals surface area contributed by atoms with E-state index in [4.69, 9.17) is 5.73 Å². The van der Waals surface area contributed by atoms with E-state index in [9.17, 15) is 0 Å². The summed E-state index contributed by atoms with van der Waals surface area (Å²) in [5.41, 5.74) is 8.70. The van der Waals surface area contributed by atoms with Gasteiger partial charge in [0, 0.05) is 12.2 Å². The van der Waals surface area contributed by atoms with Gasteiger partial charge in [-0.15, -0.1) is 0 Å². The van der Waals surface area contributed by atoms with Crippen molar-refractivity contribution >= 4 is 0 Å². The Morgan fingerprint density at radius 3 is 2.35 bits per heavy atom. The van der Waals surface area contributed by atoms with Gasteiger partial charge in [-0.3, -0.25) is 4.98 Å². The van der Waals surface area contributed by atoms with Crippen molar-refractivity contribution in [2.45, 2.75) is 32.7 Å². The standard InChI is InChI=1S/C13H18N4/c1-9(2)12-6-7-17(16-12)11-4-5-13(10(3)14)15-8-11/h4-10H,14H2,1-3H3/t10-/m0/s1. The van der Waals surface area contributed by atoms with E-state index in [-0.39, 0.29) is 6.04 Å². The van der Waals surface area contributed by atoms with E-state index in [1.807, 2.05) is 36.0 Å². The SMILES string of the molecule is CC(C)c1ccn(-c2ccc([C@H](C)N)nc2)n1. The van der Waals surface area contributed by atoms with Gasteiger partial charge in [-0.1, -0.05) is 13.8 Å². The molecule has 0 aliphatic heterocycles. The minimum absolute atomic E-state index is 0.0344. The van der Waals surface area contributed by atoms with Crippen molar-refractivity contribution in [3.8, 4) is 5.69 Å². The molecular weight excluding hydrogens is 212 g/mol. The highest BCUT2D eigenvalue weighted by atomic mass is 15.3. The first-order valence-corrected chi connectivity index (χ1v) is 5.85. The Kier molecular flexibility index (Phi) is 3.24. The Balaban J connectivity index is 2.27. The number of aromatic nitrogens is 3. The summed E-state index contributed by atoms with van der Waals surface area (Å²) in [5, 5.41) is 4.50. The lowest BCUT2D eigenvalue weighted by atomic mass is 10.1. The lowest BCUT2D eigenvalue weighted by molar-refractivity contribution is 0.756. The quantitative estimate of drug-likeness (QED) is 0.881. The van der Waals surface area contributed by atoms with Crippen LogP contribution in [0.15, 0.2) is 30.6 Å². The molecule has 0 fully saturated rings. The summed E-state index contributed by atoms with van der Waals surface area (Å²) in [5.74, 6) is 0.438. The highest BCUT2D eigenvalue weighted by molar-refractivity contribution is 5.30. The Bertz CT molecular complexity index is 482. The van der Waals surface area contributed by atoms with Crippen LogP contribution in [0.25, 0.3) is 5.69 Å². The molecule has 2 aromatic heterocycles. The van der Waals surface area contributed by atoms with E-state index in [1.54, 1.807) is 6.20 Å². The van der Waals surface area contributed by atoms with Crippen LogP contribution in [-0.2, 0) is 0 Å². The van der Waals surface area contributed by atoms with Gasteiger partial charge in [-0.25, -0.2) is 4.68 Å². The first-order valence-electron chi connectivity index (χ1n) is 5.85. The molecule has 0 aliphatic carbocycles. The summed E-state index contributed by atoms with van der Waals surface area (Å²) in [6, 6.07) is 5.93. The first kappa shape index (κ1) is 11.8. The molecule has 0 unspecified atom stereocenters. The monoisotopic (exact) mass is 230 g/mol. The van der Waals surface area contributed by atoms with Gasteiger partial charge in [-0.2, -0.15) is 5.10 Å². The fourth-order valence-electron chi connectivity index (χ4n) is 1.59. The topological polar surface area (TPSA) is 56.7 Å². The van der Waals surface area contributed by atoms with E-state index in [2.05, 4.69) is 23.9 Å². The molecule has 0 amide bonds. The zero-order valence-corrected chi connectivity index (χ0v) is 10.5. The third-order valence-electron chi connectivity index (χ3n) is 2.70. The maximum Gasteiger partial charge on any atom is 0.0829 e. The molecule has 90 valence electrons. The van der Waals surface area contributed by atoms with Gasteiger partial charge in [0.1, 0.15) is 0 Å². The molecule has 0 aromatic carbocycles. The van der Waals surface area contributed by atoms with Gasteiger partial charge in [0.25, 0.3) is 0 Å².